The second-order valence-corrected chi connectivity index (χ2v) is 4.81. The first-order chi connectivity index (χ1) is 8.90. The maximum absolute atomic E-state index is 5.73. The van der Waals surface area contributed by atoms with E-state index >= 15 is 0 Å². The predicted molar refractivity (Wildman–Crippen MR) is 68.0 cm³/mol. The van der Waals surface area contributed by atoms with Gasteiger partial charge in [0.1, 0.15) is 5.03 Å². The molecule has 0 saturated carbocycles. The lowest BCUT2D eigenvalue weighted by molar-refractivity contribution is 0.427. The van der Waals surface area contributed by atoms with E-state index in [-0.39, 0.29) is 0 Å². The van der Waals surface area contributed by atoms with Crippen LogP contribution < -0.4 is 4.74 Å². The first-order valence-electron chi connectivity index (χ1n) is 5.48. The molecule has 1 aromatic carbocycles. The van der Waals surface area contributed by atoms with Gasteiger partial charge in [-0.2, -0.15) is 0 Å². The summed E-state index contributed by atoms with van der Waals surface area (Å²) in [6, 6.07) is 11.5. The zero-order valence-electron chi connectivity index (χ0n) is 9.20. The number of hydrogen-bond acceptors (Lipinski definition) is 5. The molecule has 0 amide bonds. The third-order valence-corrected chi connectivity index (χ3v) is 3.60. The molecule has 18 heavy (non-hydrogen) atoms. The van der Waals surface area contributed by atoms with E-state index in [1.165, 1.54) is 11.8 Å². The van der Waals surface area contributed by atoms with E-state index in [1.54, 1.807) is 6.20 Å². The Hall–Kier alpha value is -2.14. The van der Waals surface area contributed by atoms with E-state index in [1.807, 2.05) is 36.4 Å². The van der Waals surface area contributed by atoms with Crippen LogP contribution in [0.4, 0.5) is 0 Å². The normalized spacial score (nSPS) is 12.7. The zero-order chi connectivity index (χ0) is 11.9. The summed E-state index contributed by atoms with van der Waals surface area (Å²) in [7, 11) is 0. The van der Waals surface area contributed by atoms with Crippen molar-refractivity contribution in [1.29, 1.82) is 0 Å². The Kier molecular flexibility index (Phi) is 2.01. The number of benzene rings is 1. The van der Waals surface area contributed by atoms with E-state index in [2.05, 4.69) is 15.0 Å². The summed E-state index contributed by atoms with van der Waals surface area (Å²) in [5, 5.41) is 1.59. The third-order valence-electron chi connectivity index (χ3n) is 2.64. The summed E-state index contributed by atoms with van der Waals surface area (Å²) < 4.78 is 5.73. The lowest BCUT2D eigenvalue weighted by Gasteiger charge is -2.16. The maximum atomic E-state index is 5.73. The fraction of sp³-hybridized carbons (Fsp3) is 0. The molecular weight excluding hydrogens is 246 g/mol. The van der Waals surface area contributed by atoms with Crippen molar-refractivity contribution < 1.29 is 4.74 Å². The van der Waals surface area contributed by atoms with E-state index in [4.69, 9.17) is 4.74 Å². The lowest BCUT2D eigenvalue weighted by atomic mass is 10.3. The molecule has 0 bridgehead atoms. The number of ether oxygens (including phenoxy) is 1. The Morgan fingerprint density at radius 2 is 1.72 bits per heavy atom. The van der Waals surface area contributed by atoms with Crippen LogP contribution in [0.5, 0.6) is 11.6 Å². The smallest absolute Gasteiger partial charge is 0.253 e. The molecule has 0 fully saturated rings. The van der Waals surface area contributed by atoms with Crippen molar-refractivity contribution in [2.24, 2.45) is 0 Å². The summed E-state index contributed by atoms with van der Waals surface area (Å²) in [5.74, 6) is 1.29. The van der Waals surface area contributed by atoms with Crippen LogP contribution in [0.3, 0.4) is 0 Å². The third kappa shape index (κ3) is 1.44. The van der Waals surface area contributed by atoms with Crippen molar-refractivity contribution in [2.45, 2.75) is 10.1 Å². The van der Waals surface area contributed by atoms with Crippen molar-refractivity contribution in [1.82, 2.24) is 15.0 Å². The second-order valence-electron chi connectivity index (χ2n) is 3.83. The van der Waals surface area contributed by atoms with Gasteiger partial charge in [-0.1, -0.05) is 12.1 Å². The molecule has 86 valence electrons. The Bertz CT molecular complexity index is 697. The van der Waals surface area contributed by atoms with Crippen LogP contribution in [-0.4, -0.2) is 15.0 Å². The van der Waals surface area contributed by atoms with Crippen molar-refractivity contribution in [3.63, 3.8) is 0 Å². The van der Waals surface area contributed by atoms with Gasteiger partial charge in [0.2, 0.25) is 0 Å². The standard InChI is InChI=1S/C13H7N3OS/c1-2-5-9-8(4-1)15-11-13(16-9)18-12-10(17-11)6-3-7-14-12/h1-7H. The molecule has 0 saturated heterocycles. The van der Waals surface area contributed by atoms with Crippen LogP contribution in [0.2, 0.25) is 0 Å². The van der Waals surface area contributed by atoms with Crippen LogP contribution in [-0.2, 0) is 0 Å². The van der Waals surface area contributed by atoms with Gasteiger partial charge in [-0.05, 0) is 36.0 Å². The largest absolute Gasteiger partial charge is 0.434 e. The summed E-state index contributed by atoms with van der Waals surface area (Å²) in [6.45, 7) is 0. The first kappa shape index (κ1) is 9.85. The van der Waals surface area contributed by atoms with E-state index in [0.717, 1.165) is 26.8 Å². The van der Waals surface area contributed by atoms with Gasteiger partial charge < -0.3 is 4.74 Å². The minimum atomic E-state index is 0.555. The molecular formula is C13H7N3OS. The Morgan fingerprint density at radius 1 is 0.889 bits per heavy atom. The Labute approximate surface area is 107 Å². The number of hydrogen-bond donors (Lipinski definition) is 0. The van der Waals surface area contributed by atoms with Crippen molar-refractivity contribution in [2.75, 3.05) is 0 Å². The summed E-state index contributed by atoms with van der Waals surface area (Å²) in [4.78, 5) is 13.3. The number of rotatable bonds is 0. The van der Waals surface area contributed by atoms with Crippen molar-refractivity contribution >= 4 is 22.8 Å². The number of para-hydroxylation sites is 2. The Balaban J connectivity index is 1.92. The SMILES string of the molecule is c1cnc2c(c1)Oc1nc3ccccc3nc1S2. The second kappa shape index (κ2) is 3.68. The highest BCUT2D eigenvalue weighted by Crippen LogP contribution is 2.43. The molecule has 0 unspecified atom stereocenters. The van der Waals surface area contributed by atoms with E-state index in [9.17, 15) is 0 Å². The van der Waals surface area contributed by atoms with Gasteiger partial charge in [0.15, 0.2) is 10.8 Å². The average Bonchev–Trinajstić information content (AvgIpc) is 2.42. The van der Waals surface area contributed by atoms with Crippen molar-refractivity contribution in [3.05, 3.63) is 42.6 Å². The van der Waals surface area contributed by atoms with Crippen LogP contribution in [0.1, 0.15) is 0 Å². The lowest BCUT2D eigenvalue weighted by Crippen LogP contribution is -2.01. The van der Waals surface area contributed by atoms with Crippen LogP contribution in [0, 0.1) is 0 Å². The molecule has 1 aliphatic heterocycles. The van der Waals surface area contributed by atoms with Crippen LogP contribution >= 0.6 is 11.8 Å². The molecule has 5 heteroatoms. The minimum Gasteiger partial charge on any atom is -0.434 e. The first-order valence-corrected chi connectivity index (χ1v) is 6.29. The number of aromatic nitrogens is 3. The van der Waals surface area contributed by atoms with E-state index in [0.29, 0.717) is 5.88 Å². The van der Waals surface area contributed by atoms with Gasteiger partial charge in [-0.15, -0.1) is 0 Å². The van der Waals surface area contributed by atoms with Crippen molar-refractivity contribution in [3.8, 4) is 11.6 Å². The van der Waals surface area contributed by atoms with Gasteiger partial charge >= 0.3 is 0 Å². The highest BCUT2D eigenvalue weighted by atomic mass is 32.2. The van der Waals surface area contributed by atoms with E-state index < -0.39 is 0 Å². The fourth-order valence-electron chi connectivity index (χ4n) is 1.83. The topological polar surface area (TPSA) is 47.9 Å². The summed E-state index contributed by atoms with van der Waals surface area (Å²) in [6.07, 6.45) is 1.74. The molecule has 0 atom stereocenters. The van der Waals surface area contributed by atoms with Crippen LogP contribution in [0.15, 0.2) is 52.6 Å². The molecule has 0 N–H and O–H groups in total. The number of pyridine rings is 1. The average molecular weight is 253 g/mol. The predicted octanol–water partition coefficient (Wildman–Crippen LogP) is 3.28. The quantitative estimate of drug-likeness (QED) is 0.481. The maximum Gasteiger partial charge on any atom is 0.253 e. The monoisotopic (exact) mass is 253 g/mol. The summed E-state index contributed by atoms with van der Waals surface area (Å²) in [5.41, 5.74) is 1.70. The summed E-state index contributed by atoms with van der Waals surface area (Å²) >= 11 is 1.49. The highest BCUT2D eigenvalue weighted by Gasteiger charge is 2.21. The van der Waals surface area contributed by atoms with Gasteiger partial charge in [-0.25, -0.2) is 15.0 Å². The molecule has 2 aromatic heterocycles. The van der Waals surface area contributed by atoms with Gasteiger partial charge in [0, 0.05) is 6.20 Å². The molecule has 1 aliphatic rings. The fourth-order valence-corrected chi connectivity index (χ4v) is 2.65. The molecule has 0 aliphatic carbocycles. The molecule has 3 aromatic rings. The van der Waals surface area contributed by atoms with Gasteiger partial charge in [-0.3, -0.25) is 0 Å². The zero-order valence-corrected chi connectivity index (χ0v) is 10.0. The molecule has 4 rings (SSSR count). The number of fused-ring (bicyclic) bond motifs is 3. The van der Waals surface area contributed by atoms with Gasteiger partial charge in [0.25, 0.3) is 5.88 Å². The molecule has 3 heterocycles. The van der Waals surface area contributed by atoms with Crippen LogP contribution in [0.25, 0.3) is 11.0 Å². The number of nitrogens with zero attached hydrogens (tertiary/aromatic N) is 3. The molecule has 0 radical (unpaired) electrons. The molecule has 0 spiro atoms. The highest BCUT2D eigenvalue weighted by molar-refractivity contribution is 7.99. The molecule has 4 nitrogen and oxygen atoms in total. The Morgan fingerprint density at radius 3 is 2.61 bits per heavy atom. The minimum absolute atomic E-state index is 0.555. The van der Waals surface area contributed by atoms with Gasteiger partial charge in [0.05, 0.1) is 11.0 Å².